The van der Waals surface area contributed by atoms with E-state index in [1.165, 1.54) is 111 Å². The van der Waals surface area contributed by atoms with Crippen molar-refractivity contribution < 1.29 is 0 Å². The lowest BCUT2D eigenvalue weighted by atomic mass is 9.99. The molecule has 0 aliphatic heterocycles. The number of benzene rings is 9. The lowest BCUT2D eigenvalue weighted by molar-refractivity contribution is 1.32. The minimum absolute atomic E-state index is 1.14. The molecular weight excluding hydrogens is 797 g/mol. The van der Waals surface area contributed by atoms with Crippen molar-refractivity contribution in [2.75, 3.05) is 4.90 Å². The van der Waals surface area contributed by atoms with Crippen molar-refractivity contribution in [2.24, 2.45) is 0 Å². The van der Waals surface area contributed by atoms with Crippen LogP contribution in [0.5, 0.6) is 0 Å². The van der Waals surface area contributed by atoms with Gasteiger partial charge < -0.3 is 4.90 Å². The van der Waals surface area contributed by atoms with Crippen LogP contribution in [0.1, 0.15) is 0 Å². The van der Waals surface area contributed by atoms with Crippen molar-refractivity contribution in [3.8, 4) is 33.4 Å². The monoisotopic (exact) mass is 830 g/mol. The molecular formula is C56H34N2S3. The van der Waals surface area contributed by atoms with Gasteiger partial charge in [-0.3, -0.25) is 4.40 Å². The van der Waals surface area contributed by atoms with Crippen LogP contribution in [0, 0.1) is 0 Å². The average molecular weight is 831 g/mol. The molecule has 0 fully saturated rings. The van der Waals surface area contributed by atoms with Crippen molar-refractivity contribution in [3.05, 3.63) is 206 Å². The maximum Gasteiger partial charge on any atom is 0.109 e. The Kier molecular flexibility index (Phi) is 7.85. The van der Waals surface area contributed by atoms with Gasteiger partial charge >= 0.3 is 0 Å². The molecule has 0 aliphatic carbocycles. The fourth-order valence-electron chi connectivity index (χ4n) is 9.38. The number of anilines is 3. The first-order valence-electron chi connectivity index (χ1n) is 20.6. The fraction of sp³-hybridized carbons (Fsp3) is 0. The number of para-hydroxylation sites is 1. The molecule has 61 heavy (non-hydrogen) atoms. The summed E-state index contributed by atoms with van der Waals surface area (Å²) in [5.41, 5.74) is 13.4. The topological polar surface area (TPSA) is 7.65 Å². The molecule has 5 heteroatoms. The van der Waals surface area contributed by atoms with Crippen LogP contribution < -0.4 is 4.90 Å². The Balaban J connectivity index is 0.891. The summed E-state index contributed by atoms with van der Waals surface area (Å²) in [6.07, 6.45) is 0. The van der Waals surface area contributed by atoms with Crippen LogP contribution in [0.2, 0.25) is 0 Å². The number of nitrogens with zero attached hydrogens (tertiary/aromatic N) is 2. The van der Waals surface area contributed by atoms with Crippen molar-refractivity contribution >= 4 is 117 Å². The number of thiazole rings is 1. The van der Waals surface area contributed by atoms with Crippen LogP contribution in [-0.2, 0) is 0 Å². The van der Waals surface area contributed by atoms with Gasteiger partial charge in [-0.05, 0) is 82.4 Å². The van der Waals surface area contributed by atoms with Gasteiger partial charge in [0.15, 0.2) is 0 Å². The third-order valence-electron chi connectivity index (χ3n) is 12.2. The number of rotatable bonds is 6. The molecule has 0 atom stereocenters. The first-order valence-corrected chi connectivity index (χ1v) is 23.0. The SMILES string of the molecule is c1ccc(-c2c3ccccc3n3c2sc2ccc(-c4ccc(-c5ccc(N(c6cccc7c6sc6ccccc67)c6cccc7c6sc6ccccc67)cc5)cc4)cc23)cc1. The molecule has 0 bridgehead atoms. The summed E-state index contributed by atoms with van der Waals surface area (Å²) in [6, 6.07) is 75.9. The highest BCUT2D eigenvalue weighted by Crippen LogP contribution is 2.49. The zero-order chi connectivity index (χ0) is 40.0. The second kappa shape index (κ2) is 13.8. The molecule has 0 unspecified atom stereocenters. The van der Waals surface area contributed by atoms with Crippen molar-refractivity contribution in [3.63, 3.8) is 0 Å². The standard InChI is InChI=1S/C56H34N2S3/c1-2-12-38(13-3-1)53-45-16-4-7-19-46(45)58-49-34-39(30-33-52(49)61-56(53)58)37-26-24-35(25-27-37)36-28-31-40(32-29-36)57(47-20-10-17-43-41-14-5-8-22-50(41)59-54(43)47)48-21-11-18-44-42-15-6-9-23-51(42)60-55(44)48/h1-34H. The van der Waals surface area contributed by atoms with Crippen LogP contribution in [0.3, 0.4) is 0 Å². The van der Waals surface area contributed by atoms with E-state index in [4.69, 9.17) is 0 Å². The van der Waals surface area contributed by atoms with E-state index in [9.17, 15) is 0 Å². The van der Waals surface area contributed by atoms with Crippen LogP contribution in [0.25, 0.3) is 99.7 Å². The van der Waals surface area contributed by atoms with E-state index in [-0.39, 0.29) is 0 Å². The second-order valence-electron chi connectivity index (χ2n) is 15.6. The van der Waals surface area contributed by atoms with Gasteiger partial charge in [0.25, 0.3) is 0 Å². The molecule has 13 rings (SSSR count). The number of aromatic nitrogens is 1. The maximum absolute atomic E-state index is 2.48. The molecule has 13 aromatic rings. The van der Waals surface area contributed by atoms with Gasteiger partial charge in [0.2, 0.25) is 0 Å². The van der Waals surface area contributed by atoms with E-state index in [1.54, 1.807) is 0 Å². The van der Waals surface area contributed by atoms with Gasteiger partial charge in [0, 0.05) is 47.6 Å². The largest absolute Gasteiger partial charge is 0.308 e. The first-order chi connectivity index (χ1) is 30.2. The van der Waals surface area contributed by atoms with Crippen LogP contribution >= 0.6 is 34.0 Å². The van der Waals surface area contributed by atoms with E-state index >= 15 is 0 Å². The fourth-order valence-corrected chi connectivity index (χ4v) is 13.0. The molecule has 2 nitrogen and oxygen atoms in total. The zero-order valence-corrected chi connectivity index (χ0v) is 35.2. The summed E-state index contributed by atoms with van der Waals surface area (Å²) in [4.78, 5) is 3.77. The molecule has 4 heterocycles. The molecule has 9 aromatic carbocycles. The summed E-state index contributed by atoms with van der Waals surface area (Å²) < 4.78 is 8.96. The average Bonchev–Trinajstić information content (AvgIpc) is 4.08. The van der Waals surface area contributed by atoms with E-state index in [1.807, 2.05) is 34.0 Å². The predicted molar refractivity (Wildman–Crippen MR) is 267 cm³/mol. The summed E-state index contributed by atoms with van der Waals surface area (Å²) >= 11 is 5.63. The summed E-state index contributed by atoms with van der Waals surface area (Å²) in [6.45, 7) is 0. The zero-order valence-electron chi connectivity index (χ0n) is 32.7. The smallest absolute Gasteiger partial charge is 0.109 e. The van der Waals surface area contributed by atoms with Gasteiger partial charge in [-0.25, -0.2) is 0 Å². The summed E-state index contributed by atoms with van der Waals surface area (Å²) in [7, 11) is 0. The normalized spacial score (nSPS) is 11.9. The molecule has 286 valence electrons. The molecule has 4 aromatic heterocycles. The number of thiophene rings is 2. The van der Waals surface area contributed by atoms with Gasteiger partial charge in [-0.1, -0.05) is 152 Å². The van der Waals surface area contributed by atoms with Crippen molar-refractivity contribution in [1.82, 2.24) is 4.40 Å². The number of fused-ring (bicyclic) bond motifs is 11. The Hall–Kier alpha value is -7.02. The van der Waals surface area contributed by atoms with Crippen LogP contribution in [-0.4, -0.2) is 4.40 Å². The van der Waals surface area contributed by atoms with Crippen LogP contribution in [0.15, 0.2) is 206 Å². The third-order valence-corrected chi connectivity index (χ3v) is 15.8. The molecule has 0 radical (unpaired) electrons. The van der Waals surface area contributed by atoms with Gasteiger partial charge in [0.1, 0.15) is 4.83 Å². The van der Waals surface area contributed by atoms with Gasteiger partial charge in [0.05, 0.1) is 36.5 Å². The van der Waals surface area contributed by atoms with Crippen molar-refractivity contribution in [2.45, 2.75) is 0 Å². The second-order valence-corrected chi connectivity index (χ2v) is 18.8. The van der Waals surface area contributed by atoms with E-state index < -0.39 is 0 Å². The Morgan fingerprint density at radius 3 is 1.48 bits per heavy atom. The molecule has 0 saturated heterocycles. The lowest BCUT2D eigenvalue weighted by Crippen LogP contribution is -2.10. The summed E-state index contributed by atoms with van der Waals surface area (Å²) in [5.74, 6) is 0. The predicted octanol–water partition coefficient (Wildman–Crippen LogP) is 17.5. The van der Waals surface area contributed by atoms with Crippen LogP contribution in [0.4, 0.5) is 17.1 Å². The molecule has 0 spiro atoms. The van der Waals surface area contributed by atoms with E-state index in [2.05, 4.69) is 216 Å². The minimum Gasteiger partial charge on any atom is -0.308 e. The molecule has 0 aliphatic rings. The minimum atomic E-state index is 1.14. The van der Waals surface area contributed by atoms with E-state index in [0.29, 0.717) is 0 Å². The van der Waals surface area contributed by atoms with Gasteiger partial charge in [-0.15, -0.1) is 34.0 Å². The highest BCUT2D eigenvalue weighted by atomic mass is 32.1. The van der Waals surface area contributed by atoms with Crippen molar-refractivity contribution in [1.29, 1.82) is 0 Å². The quantitative estimate of drug-likeness (QED) is 0.162. The number of hydrogen-bond donors (Lipinski definition) is 0. The van der Waals surface area contributed by atoms with E-state index in [0.717, 1.165) is 5.69 Å². The maximum atomic E-state index is 2.48. The molecule has 0 N–H and O–H groups in total. The Morgan fingerprint density at radius 2 is 0.836 bits per heavy atom. The Bertz CT molecular complexity index is 3700. The molecule has 0 amide bonds. The highest BCUT2D eigenvalue weighted by Gasteiger charge is 2.22. The summed E-state index contributed by atoms with van der Waals surface area (Å²) in [5, 5.41) is 6.50. The first kappa shape index (κ1) is 34.8. The Morgan fingerprint density at radius 1 is 0.328 bits per heavy atom. The third kappa shape index (κ3) is 5.45. The molecule has 0 saturated carbocycles. The van der Waals surface area contributed by atoms with Gasteiger partial charge in [-0.2, -0.15) is 0 Å². The number of hydrogen-bond acceptors (Lipinski definition) is 4. The lowest BCUT2D eigenvalue weighted by Gasteiger charge is -2.27. The Labute approximate surface area is 364 Å². The highest BCUT2D eigenvalue weighted by molar-refractivity contribution is 7.27.